The first-order valence-electron chi connectivity index (χ1n) is 5.40. The largest absolute Gasteiger partial charge is 0.398 e. The minimum Gasteiger partial charge on any atom is -0.398 e. The van der Waals surface area contributed by atoms with Crippen LogP contribution in [0.3, 0.4) is 0 Å². The molecule has 1 rings (SSSR count). The van der Waals surface area contributed by atoms with Gasteiger partial charge in [-0.2, -0.15) is 11.8 Å². The van der Waals surface area contributed by atoms with Crippen LogP contribution in [0.2, 0.25) is 0 Å². The second-order valence-corrected chi connectivity index (χ2v) is 7.63. The Hall–Kier alpha value is -0.240. The number of hydrogen-bond donors (Lipinski definition) is 2. The SMILES string of the molecule is CSCC(C)CNS(=O)(=O)c1ccc(Br)c(N)c1. The molecule has 102 valence electrons. The van der Waals surface area contributed by atoms with E-state index in [4.69, 9.17) is 5.73 Å². The molecule has 4 nitrogen and oxygen atoms in total. The molecule has 0 amide bonds. The van der Waals surface area contributed by atoms with E-state index in [1.165, 1.54) is 12.1 Å². The fourth-order valence-electron chi connectivity index (χ4n) is 1.37. The Morgan fingerprint density at radius 2 is 2.17 bits per heavy atom. The number of halogens is 1. The molecule has 0 aromatic heterocycles. The number of benzene rings is 1. The predicted octanol–water partition coefficient (Wildman–Crippen LogP) is 2.31. The van der Waals surface area contributed by atoms with Crippen molar-refractivity contribution in [3.8, 4) is 0 Å². The van der Waals surface area contributed by atoms with Crippen molar-refractivity contribution in [1.82, 2.24) is 4.72 Å². The van der Waals surface area contributed by atoms with E-state index in [-0.39, 0.29) is 4.90 Å². The highest BCUT2D eigenvalue weighted by Crippen LogP contribution is 2.22. The molecule has 3 N–H and O–H groups in total. The molecule has 0 aliphatic carbocycles. The summed E-state index contributed by atoms with van der Waals surface area (Å²) in [5.74, 6) is 1.22. The summed E-state index contributed by atoms with van der Waals surface area (Å²) in [5, 5.41) is 0. The molecule has 0 aliphatic rings. The van der Waals surface area contributed by atoms with Gasteiger partial charge in [-0.1, -0.05) is 6.92 Å². The highest BCUT2D eigenvalue weighted by molar-refractivity contribution is 9.10. The lowest BCUT2D eigenvalue weighted by Gasteiger charge is -2.12. The van der Waals surface area contributed by atoms with E-state index in [1.807, 2.05) is 13.2 Å². The Kier molecular flexibility index (Phi) is 5.97. The van der Waals surface area contributed by atoms with E-state index in [0.29, 0.717) is 22.6 Å². The molecule has 0 saturated heterocycles. The van der Waals surface area contributed by atoms with E-state index in [1.54, 1.807) is 17.8 Å². The Labute approximate surface area is 121 Å². The van der Waals surface area contributed by atoms with Crippen LogP contribution in [0.5, 0.6) is 0 Å². The predicted molar refractivity (Wildman–Crippen MR) is 81.3 cm³/mol. The highest BCUT2D eigenvalue weighted by Gasteiger charge is 2.15. The van der Waals surface area contributed by atoms with Crippen LogP contribution in [0, 0.1) is 5.92 Å². The van der Waals surface area contributed by atoms with E-state index in [2.05, 4.69) is 20.7 Å². The zero-order valence-corrected chi connectivity index (χ0v) is 13.5. The van der Waals surface area contributed by atoms with Crippen LogP contribution in [0.15, 0.2) is 27.6 Å². The topological polar surface area (TPSA) is 72.2 Å². The monoisotopic (exact) mass is 352 g/mol. The zero-order chi connectivity index (χ0) is 13.8. The minimum absolute atomic E-state index is 0.194. The van der Waals surface area contributed by atoms with Crippen molar-refractivity contribution in [2.45, 2.75) is 11.8 Å². The van der Waals surface area contributed by atoms with Crippen LogP contribution in [0.4, 0.5) is 5.69 Å². The first kappa shape index (κ1) is 15.8. The second kappa shape index (κ2) is 6.79. The van der Waals surface area contributed by atoms with Crippen LogP contribution in [0.1, 0.15) is 6.92 Å². The summed E-state index contributed by atoms with van der Waals surface area (Å²) in [5.41, 5.74) is 6.09. The Balaban J connectivity index is 2.77. The molecule has 1 aromatic rings. The van der Waals surface area contributed by atoms with Crippen LogP contribution in [-0.2, 0) is 10.0 Å². The van der Waals surface area contributed by atoms with Gasteiger partial charge in [0.25, 0.3) is 0 Å². The summed E-state index contributed by atoms with van der Waals surface area (Å²) in [7, 11) is -3.47. The van der Waals surface area contributed by atoms with Gasteiger partial charge in [-0.3, -0.25) is 0 Å². The van der Waals surface area contributed by atoms with Crippen molar-refractivity contribution in [2.24, 2.45) is 5.92 Å². The molecule has 0 aliphatic heterocycles. The Morgan fingerprint density at radius 3 is 2.72 bits per heavy atom. The molecule has 0 bridgehead atoms. The van der Waals surface area contributed by atoms with Gasteiger partial charge in [0.2, 0.25) is 10.0 Å². The molecule has 0 spiro atoms. The summed E-state index contributed by atoms with van der Waals surface area (Å²) < 4.78 is 27.3. The number of nitrogens with two attached hydrogens (primary N) is 1. The van der Waals surface area contributed by atoms with Gasteiger partial charge in [-0.15, -0.1) is 0 Å². The average Bonchev–Trinajstić information content (AvgIpc) is 2.30. The number of nitrogens with one attached hydrogen (secondary N) is 1. The van der Waals surface area contributed by atoms with Gasteiger partial charge >= 0.3 is 0 Å². The molecule has 0 fully saturated rings. The van der Waals surface area contributed by atoms with E-state index < -0.39 is 10.0 Å². The number of thioether (sulfide) groups is 1. The minimum atomic E-state index is -3.47. The van der Waals surface area contributed by atoms with Gasteiger partial charge in [0, 0.05) is 16.7 Å². The number of hydrogen-bond acceptors (Lipinski definition) is 4. The van der Waals surface area contributed by atoms with Crippen molar-refractivity contribution in [3.05, 3.63) is 22.7 Å². The zero-order valence-electron chi connectivity index (χ0n) is 10.3. The number of nitrogen functional groups attached to an aromatic ring is 1. The second-order valence-electron chi connectivity index (χ2n) is 4.10. The first-order chi connectivity index (χ1) is 8.36. The Morgan fingerprint density at radius 1 is 1.50 bits per heavy atom. The lowest BCUT2D eigenvalue weighted by molar-refractivity contribution is 0.562. The van der Waals surface area contributed by atoms with E-state index >= 15 is 0 Å². The maximum Gasteiger partial charge on any atom is 0.240 e. The average molecular weight is 353 g/mol. The third-order valence-electron chi connectivity index (χ3n) is 2.35. The summed E-state index contributed by atoms with van der Waals surface area (Å²) in [6.07, 6.45) is 2.00. The van der Waals surface area contributed by atoms with Crippen LogP contribution >= 0.6 is 27.7 Å². The van der Waals surface area contributed by atoms with Crippen molar-refractivity contribution in [1.29, 1.82) is 0 Å². The lowest BCUT2D eigenvalue weighted by Crippen LogP contribution is -2.29. The van der Waals surface area contributed by atoms with Crippen LogP contribution < -0.4 is 10.5 Å². The summed E-state index contributed by atoms with van der Waals surface area (Å²) >= 11 is 4.94. The normalized spacial score (nSPS) is 13.5. The Bertz CT molecular complexity index is 506. The molecule has 1 aromatic carbocycles. The molecule has 0 heterocycles. The van der Waals surface area contributed by atoms with Gasteiger partial charge < -0.3 is 5.73 Å². The molecular weight excluding hydrogens is 336 g/mol. The fourth-order valence-corrected chi connectivity index (χ4v) is 3.50. The standard InChI is InChI=1S/C11H17BrN2O2S2/c1-8(7-17-2)6-14-18(15,16)9-3-4-10(12)11(13)5-9/h3-5,8,14H,6-7,13H2,1-2H3. The van der Waals surface area contributed by atoms with Gasteiger partial charge in [-0.25, -0.2) is 13.1 Å². The molecule has 1 atom stereocenters. The van der Waals surface area contributed by atoms with Crippen LogP contribution in [0.25, 0.3) is 0 Å². The van der Waals surface area contributed by atoms with Gasteiger partial charge in [-0.05, 0) is 52.1 Å². The van der Waals surface area contributed by atoms with Crippen molar-refractivity contribution < 1.29 is 8.42 Å². The van der Waals surface area contributed by atoms with E-state index in [9.17, 15) is 8.42 Å². The van der Waals surface area contributed by atoms with Gasteiger partial charge in [0.1, 0.15) is 0 Å². The summed E-state index contributed by atoms with van der Waals surface area (Å²) in [6, 6.07) is 4.61. The summed E-state index contributed by atoms with van der Waals surface area (Å²) in [4.78, 5) is 0.194. The van der Waals surface area contributed by atoms with Gasteiger partial charge in [0.05, 0.1) is 4.90 Å². The molecular formula is C11H17BrN2O2S2. The third-order valence-corrected chi connectivity index (χ3v) is 5.40. The van der Waals surface area contributed by atoms with Crippen LogP contribution in [-0.4, -0.2) is 27.0 Å². The van der Waals surface area contributed by atoms with Crippen molar-refractivity contribution >= 4 is 43.4 Å². The van der Waals surface area contributed by atoms with E-state index in [0.717, 1.165) is 5.75 Å². The molecule has 0 radical (unpaired) electrons. The molecule has 0 saturated carbocycles. The molecule has 18 heavy (non-hydrogen) atoms. The lowest BCUT2D eigenvalue weighted by atomic mass is 10.2. The fraction of sp³-hybridized carbons (Fsp3) is 0.455. The first-order valence-corrected chi connectivity index (χ1v) is 9.07. The maximum absolute atomic E-state index is 12.0. The quantitative estimate of drug-likeness (QED) is 0.770. The number of anilines is 1. The number of rotatable bonds is 6. The maximum atomic E-state index is 12.0. The smallest absolute Gasteiger partial charge is 0.240 e. The van der Waals surface area contributed by atoms with Crippen molar-refractivity contribution in [3.63, 3.8) is 0 Å². The molecule has 1 unspecified atom stereocenters. The summed E-state index contributed by atoms with van der Waals surface area (Å²) in [6.45, 7) is 2.44. The third kappa shape index (κ3) is 4.46. The van der Waals surface area contributed by atoms with Crippen molar-refractivity contribution in [2.75, 3.05) is 24.3 Å². The van der Waals surface area contributed by atoms with Gasteiger partial charge in [0.15, 0.2) is 0 Å². The number of sulfonamides is 1. The highest BCUT2D eigenvalue weighted by atomic mass is 79.9. The molecule has 7 heteroatoms.